The Balaban J connectivity index is 0.000000182. The highest BCUT2D eigenvalue weighted by atomic mass is 19.1. The summed E-state index contributed by atoms with van der Waals surface area (Å²) < 4.78 is 19.8. The van der Waals surface area contributed by atoms with Crippen LogP contribution in [0.3, 0.4) is 0 Å². The van der Waals surface area contributed by atoms with Crippen molar-refractivity contribution >= 4 is 40.3 Å². The normalized spacial score (nSPS) is 23.5. The fourth-order valence-corrected chi connectivity index (χ4v) is 5.63. The molecule has 1 aliphatic heterocycles. The Morgan fingerprint density at radius 1 is 1.08 bits per heavy atom. The fraction of sp³-hybridized carbons (Fsp3) is 0.379. The van der Waals surface area contributed by atoms with Crippen molar-refractivity contribution in [2.75, 3.05) is 23.0 Å². The number of nitrogens with zero attached hydrogens (tertiary/aromatic N) is 9. The van der Waals surface area contributed by atoms with Crippen molar-refractivity contribution in [3.05, 3.63) is 60.8 Å². The number of halogens is 1. The molecule has 6 atom stereocenters. The number of hydrogen-bond donors (Lipinski definition) is 8. The van der Waals surface area contributed by atoms with E-state index < -0.39 is 43.1 Å². The van der Waals surface area contributed by atoms with E-state index in [4.69, 9.17) is 27.0 Å². The molecule has 1 amide bonds. The van der Waals surface area contributed by atoms with Gasteiger partial charge in [0.25, 0.3) is 5.91 Å². The van der Waals surface area contributed by atoms with Crippen LogP contribution in [0.25, 0.3) is 16.9 Å². The van der Waals surface area contributed by atoms with Crippen LogP contribution in [0.1, 0.15) is 42.3 Å². The van der Waals surface area contributed by atoms with E-state index >= 15 is 0 Å². The molecule has 2 fully saturated rings. The summed E-state index contributed by atoms with van der Waals surface area (Å²) in [4.78, 5) is 32.9. The Morgan fingerprint density at radius 3 is 2.57 bits per heavy atom. The number of fused-ring (bicyclic) bond motifs is 1. The highest BCUT2D eigenvalue weighted by molar-refractivity contribution is 5.98. The number of aliphatic hydroxyl groups is 3. The van der Waals surface area contributed by atoms with E-state index in [1.165, 1.54) is 21.9 Å². The second kappa shape index (κ2) is 14.4. The van der Waals surface area contributed by atoms with Gasteiger partial charge in [-0.25, -0.2) is 9.97 Å². The minimum atomic E-state index is -1.32. The molecule has 0 unspecified atom stereocenters. The first-order valence-corrected chi connectivity index (χ1v) is 15.3. The van der Waals surface area contributed by atoms with Gasteiger partial charge >= 0.3 is 6.08 Å². The minimum Gasteiger partial charge on any atom is -0.394 e. The lowest BCUT2D eigenvalue weighted by Gasteiger charge is -2.29. The molecule has 4 aromatic heterocycles. The number of aromatic nitrogens is 9. The number of amides is 1. The molecule has 0 radical (unpaired) electrons. The topological polar surface area (TPSA) is 289 Å². The summed E-state index contributed by atoms with van der Waals surface area (Å²) in [5, 5.41) is 43.4. The number of nitrogens with one attached hydrogen (secondary N) is 2. The summed E-state index contributed by atoms with van der Waals surface area (Å²) in [6, 6.07) is 7.58. The standard InChI is InChI=1S/C19H23N9O.C10H12FN5O4/c20-15-6-1-2-7-16(15)26-19-22-11-14(17(21)29)18(27-19)25-12-4-3-5-13(10-12)28-23-8-9-24-28;11-10-14-7(12)4-8(15-10)16(2-13-4)9-6(19)5(18)3(1-17)20-9/h3-5,8-11,15-16H,1-2,6-7,20H2,(H2,21,29)(H2,22,25,26,27);2-3,5-6,9,17-19H,1H2,(H2,12,14,15)/t15-,16+;3-,5-,6+,9-/m01/s1. The lowest BCUT2D eigenvalue weighted by Crippen LogP contribution is -2.43. The average molecular weight is 679 g/mol. The van der Waals surface area contributed by atoms with Gasteiger partial charge in [0.15, 0.2) is 23.2 Å². The summed E-state index contributed by atoms with van der Waals surface area (Å²) >= 11 is 0. The Hall–Kier alpha value is -5.41. The second-order valence-corrected chi connectivity index (χ2v) is 11.4. The van der Waals surface area contributed by atoms with Crippen molar-refractivity contribution in [1.82, 2.24) is 44.5 Å². The number of nitrogens with two attached hydrogens (primary N) is 3. The lowest BCUT2D eigenvalue weighted by atomic mass is 9.91. The van der Waals surface area contributed by atoms with Crippen molar-refractivity contribution < 1.29 is 29.2 Å². The predicted molar refractivity (Wildman–Crippen MR) is 172 cm³/mol. The zero-order valence-electron chi connectivity index (χ0n) is 25.9. The van der Waals surface area contributed by atoms with E-state index in [1.54, 1.807) is 12.4 Å². The van der Waals surface area contributed by atoms with Crippen molar-refractivity contribution in [2.45, 2.75) is 62.3 Å². The number of nitrogen functional groups attached to an aromatic ring is 1. The monoisotopic (exact) mass is 678 g/mol. The minimum absolute atomic E-state index is 0.0323. The zero-order valence-corrected chi connectivity index (χ0v) is 25.9. The maximum Gasteiger partial charge on any atom is 0.312 e. The number of ether oxygens (including phenoxy) is 1. The molecule has 2 aliphatic rings. The van der Waals surface area contributed by atoms with Crippen LogP contribution in [0, 0.1) is 6.08 Å². The molecule has 0 spiro atoms. The molecule has 1 saturated heterocycles. The Kier molecular flexibility index (Phi) is 9.82. The van der Waals surface area contributed by atoms with E-state index in [1.807, 2.05) is 24.3 Å². The van der Waals surface area contributed by atoms with E-state index in [0.717, 1.165) is 31.4 Å². The van der Waals surface area contributed by atoms with Crippen LogP contribution < -0.4 is 27.8 Å². The van der Waals surface area contributed by atoms with Gasteiger partial charge in [-0.2, -0.15) is 34.3 Å². The molecule has 11 N–H and O–H groups in total. The van der Waals surface area contributed by atoms with E-state index in [-0.39, 0.29) is 34.6 Å². The van der Waals surface area contributed by atoms with Gasteiger partial charge in [-0.3, -0.25) is 9.36 Å². The molecule has 49 heavy (non-hydrogen) atoms. The van der Waals surface area contributed by atoms with E-state index in [2.05, 4.69) is 45.8 Å². The number of rotatable bonds is 8. The Bertz CT molecular complexity index is 1910. The van der Waals surface area contributed by atoms with Gasteiger partial charge in [-0.05, 0) is 31.0 Å². The maximum absolute atomic E-state index is 13.2. The molecule has 7 rings (SSSR count). The summed E-state index contributed by atoms with van der Waals surface area (Å²) in [5.74, 6) is -0.0222. The third-order valence-corrected chi connectivity index (χ3v) is 8.16. The smallest absolute Gasteiger partial charge is 0.312 e. The molecule has 19 nitrogen and oxygen atoms in total. The number of benzene rings is 1. The van der Waals surface area contributed by atoms with Gasteiger partial charge in [0.05, 0.1) is 31.0 Å². The SMILES string of the molecule is NC(=O)c1cnc(N[C@@H]2CCCC[C@@H]2N)nc1Nc1cccc(-n2nccn2)c1.Nc1nc(F)nc2c1ncn2[C@@H]1O[C@H](CO)[C@@H](O)[C@@H]1O. The number of carbonyl (C=O) groups excluding carboxylic acids is 1. The average Bonchev–Trinajstić information content (AvgIpc) is 3.83. The van der Waals surface area contributed by atoms with E-state index in [0.29, 0.717) is 17.5 Å². The van der Waals surface area contributed by atoms with Crippen molar-refractivity contribution in [2.24, 2.45) is 11.5 Å². The van der Waals surface area contributed by atoms with Crippen molar-refractivity contribution in [1.29, 1.82) is 0 Å². The van der Waals surface area contributed by atoms with Gasteiger partial charge < -0.3 is 47.9 Å². The highest BCUT2D eigenvalue weighted by Gasteiger charge is 2.44. The first-order valence-electron chi connectivity index (χ1n) is 15.3. The van der Waals surface area contributed by atoms with Gasteiger partial charge in [-0.1, -0.05) is 18.9 Å². The van der Waals surface area contributed by atoms with Crippen molar-refractivity contribution in [3.63, 3.8) is 0 Å². The number of imidazole rings is 1. The number of aliphatic hydroxyl groups excluding tert-OH is 3. The summed E-state index contributed by atoms with van der Waals surface area (Å²) in [5.41, 5.74) is 19.1. The molecule has 0 bridgehead atoms. The number of hydrogen-bond acceptors (Lipinski definition) is 16. The number of anilines is 4. The van der Waals surface area contributed by atoms with Crippen LogP contribution in [-0.2, 0) is 4.74 Å². The van der Waals surface area contributed by atoms with Gasteiger partial charge in [-0.15, -0.1) is 0 Å². The number of carbonyl (C=O) groups is 1. The number of primary amides is 1. The Morgan fingerprint density at radius 2 is 1.86 bits per heavy atom. The lowest BCUT2D eigenvalue weighted by molar-refractivity contribution is -0.0511. The van der Waals surface area contributed by atoms with Crippen LogP contribution in [0.4, 0.5) is 27.7 Å². The molecular weight excluding hydrogens is 643 g/mol. The largest absolute Gasteiger partial charge is 0.394 e. The molecule has 258 valence electrons. The Labute approximate surface area is 277 Å². The van der Waals surface area contributed by atoms with Crippen molar-refractivity contribution in [3.8, 4) is 5.69 Å². The van der Waals surface area contributed by atoms with Crippen LogP contribution in [0.5, 0.6) is 0 Å². The molecule has 1 saturated carbocycles. The molecule has 5 heterocycles. The van der Waals surface area contributed by atoms with Gasteiger partial charge in [0.2, 0.25) is 5.95 Å². The van der Waals surface area contributed by atoms with Crippen LogP contribution in [0.2, 0.25) is 0 Å². The van der Waals surface area contributed by atoms with Crippen LogP contribution in [-0.4, -0.2) is 103 Å². The molecule has 1 aromatic carbocycles. The molecular formula is C29H35FN14O5. The van der Waals surface area contributed by atoms with Crippen LogP contribution in [0.15, 0.2) is 49.2 Å². The first-order chi connectivity index (χ1) is 23.6. The third-order valence-electron chi connectivity index (χ3n) is 8.16. The van der Waals surface area contributed by atoms with Gasteiger partial charge in [0.1, 0.15) is 29.7 Å². The van der Waals surface area contributed by atoms with Gasteiger partial charge in [0, 0.05) is 24.0 Å². The predicted octanol–water partition coefficient (Wildman–Crippen LogP) is -0.259. The molecule has 20 heteroatoms. The second-order valence-electron chi connectivity index (χ2n) is 11.4. The summed E-state index contributed by atoms with van der Waals surface area (Å²) in [6.45, 7) is -0.465. The first kappa shape index (κ1) is 33.5. The molecule has 1 aliphatic carbocycles. The third kappa shape index (κ3) is 7.22. The molecule has 5 aromatic rings. The van der Waals surface area contributed by atoms with Crippen LogP contribution >= 0.6 is 0 Å². The highest BCUT2D eigenvalue weighted by Crippen LogP contribution is 2.32. The van der Waals surface area contributed by atoms with E-state index in [9.17, 15) is 19.4 Å². The fourth-order valence-electron chi connectivity index (χ4n) is 5.63. The summed E-state index contributed by atoms with van der Waals surface area (Å²) in [6.07, 6.45) is 4.42. The quantitative estimate of drug-likeness (QED) is 0.0981. The summed E-state index contributed by atoms with van der Waals surface area (Å²) in [7, 11) is 0. The maximum atomic E-state index is 13.2. The zero-order chi connectivity index (χ0) is 34.7.